The van der Waals surface area contributed by atoms with Crippen molar-refractivity contribution in [2.75, 3.05) is 32.7 Å². The molecule has 1 aromatic rings. The summed E-state index contributed by atoms with van der Waals surface area (Å²) in [5.41, 5.74) is 0. The summed E-state index contributed by atoms with van der Waals surface area (Å²) < 4.78 is 26.6. The van der Waals surface area contributed by atoms with E-state index in [4.69, 9.17) is 0 Å². The maximum Gasteiger partial charge on any atom is 0.243 e. The summed E-state index contributed by atoms with van der Waals surface area (Å²) in [5.74, 6) is 0.126. The summed E-state index contributed by atoms with van der Waals surface area (Å²) in [7, 11) is -3.45. The van der Waals surface area contributed by atoms with E-state index in [2.05, 4.69) is 5.32 Å². The summed E-state index contributed by atoms with van der Waals surface area (Å²) in [6.07, 6.45) is 2.70. The maximum atomic E-state index is 12.6. The van der Waals surface area contributed by atoms with Crippen LogP contribution in [0.5, 0.6) is 0 Å². The van der Waals surface area contributed by atoms with Gasteiger partial charge in [-0.3, -0.25) is 4.79 Å². The van der Waals surface area contributed by atoms with Crippen LogP contribution < -0.4 is 5.32 Å². The maximum absolute atomic E-state index is 12.6. The van der Waals surface area contributed by atoms with Crippen molar-refractivity contribution in [2.45, 2.75) is 30.2 Å². The first-order valence-corrected chi connectivity index (χ1v) is 9.58. The van der Waals surface area contributed by atoms with Gasteiger partial charge in [0.05, 0.1) is 4.90 Å². The minimum absolute atomic E-state index is 0. The molecule has 1 amide bonds. The predicted molar refractivity (Wildman–Crippen MR) is 94.7 cm³/mol. The Hall–Kier alpha value is -1.15. The molecule has 8 heteroatoms. The summed E-state index contributed by atoms with van der Waals surface area (Å²) in [4.78, 5) is 14.4. The second-order valence-corrected chi connectivity index (χ2v) is 8.03. The van der Waals surface area contributed by atoms with Gasteiger partial charge in [-0.2, -0.15) is 4.31 Å². The van der Waals surface area contributed by atoms with Crippen molar-refractivity contribution in [3.8, 4) is 0 Å². The van der Waals surface area contributed by atoms with Gasteiger partial charge >= 0.3 is 0 Å². The molecule has 2 heterocycles. The molecule has 134 valence electrons. The van der Waals surface area contributed by atoms with E-state index in [1.165, 1.54) is 4.31 Å². The normalized spacial score (nSPS) is 22.2. The van der Waals surface area contributed by atoms with Crippen molar-refractivity contribution in [1.29, 1.82) is 0 Å². The van der Waals surface area contributed by atoms with Crippen molar-refractivity contribution < 1.29 is 13.2 Å². The molecule has 0 bridgehead atoms. The van der Waals surface area contributed by atoms with Gasteiger partial charge in [0.2, 0.25) is 15.9 Å². The zero-order chi connectivity index (χ0) is 16.3. The third-order valence-corrected chi connectivity index (χ3v) is 6.47. The summed E-state index contributed by atoms with van der Waals surface area (Å²) in [6.45, 7) is 2.65. The van der Waals surface area contributed by atoms with Gasteiger partial charge in [0.25, 0.3) is 0 Å². The molecule has 1 N–H and O–H groups in total. The Kier molecular flexibility index (Phi) is 6.62. The molecule has 2 aliphatic rings. The number of nitrogens with zero attached hydrogens (tertiary/aromatic N) is 2. The first-order chi connectivity index (χ1) is 11.1. The Morgan fingerprint density at radius 1 is 1.12 bits per heavy atom. The zero-order valence-corrected chi connectivity index (χ0v) is 15.2. The number of halogens is 1. The molecule has 0 spiro atoms. The minimum Gasteiger partial charge on any atom is -0.340 e. The molecule has 24 heavy (non-hydrogen) atoms. The average Bonchev–Trinajstić information content (AvgIpc) is 3.09. The van der Waals surface area contributed by atoms with E-state index in [0.717, 1.165) is 19.4 Å². The van der Waals surface area contributed by atoms with E-state index in [1.807, 2.05) is 0 Å². The molecule has 0 aliphatic carbocycles. The molecule has 6 nitrogen and oxygen atoms in total. The smallest absolute Gasteiger partial charge is 0.243 e. The van der Waals surface area contributed by atoms with Crippen molar-refractivity contribution in [2.24, 2.45) is 0 Å². The Balaban J connectivity index is 0.00000208. The monoisotopic (exact) mass is 373 g/mol. The van der Waals surface area contributed by atoms with Crippen molar-refractivity contribution >= 4 is 28.3 Å². The van der Waals surface area contributed by atoms with E-state index in [9.17, 15) is 13.2 Å². The second kappa shape index (κ2) is 8.29. The van der Waals surface area contributed by atoms with Crippen molar-refractivity contribution in [3.05, 3.63) is 30.3 Å². The van der Waals surface area contributed by atoms with Crippen molar-refractivity contribution in [1.82, 2.24) is 14.5 Å². The van der Waals surface area contributed by atoms with E-state index in [-0.39, 0.29) is 24.4 Å². The lowest BCUT2D eigenvalue weighted by molar-refractivity contribution is -0.132. The van der Waals surface area contributed by atoms with Crippen LogP contribution >= 0.6 is 12.4 Å². The first kappa shape index (κ1) is 19.2. The molecule has 0 saturated carbocycles. The number of hydrogen-bond acceptors (Lipinski definition) is 4. The quantitative estimate of drug-likeness (QED) is 0.857. The van der Waals surface area contributed by atoms with Crippen LogP contribution in [0, 0.1) is 0 Å². The highest BCUT2D eigenvalue weighted by molar-refractivity contribution is 7.89. The van der Waals surface area contributed by atoms with Crippen LogP contribution in [0.2, 0.25) is 0 Å². The Morgan fingerprint density at radius 3 is 2.38 bits per heavy atom. The van der Waals surface area contributed by atoms with Gasteiger partial charge in [-0.15, -0.1) is 12.4 Å². The van der Waals surface area contributed by atoms with E-state index < -0.39 is 10.0 Å². The molecule has 0 radical (unpaired) electrons. The van der Waals surface area contributed by atoms with Crippen LogP contribution in [-0.4, -0.2) is 62.3 Å². The molecule has 3 rings (SSSR count). The molecule has 2 fully saturated rings. The number of amides is 1. The molecule has 1 unspecified atom stereocenters. The topological polar surface area (TPSA) is 69.7 Å². The van der Waals surface area contributed by atoms with Gasteiger partial charge in [0.1, 0.15) is 0 Å². The second-order valence-electron chi connectivity index (χ2n) is 6.10. The number of rotatable bonds is 4. The highest BCUT2D eigenvalue weighted by Crippen LogP contribution is 2.18. The van der Waals surface area contributed by atoms with Crippen LogP contribution in [-0.2, 0) is 14.8 Å². The van der Waals surface area contributed by atoms with Crippen LogP contribution in [0.1, 0.15) is 19.3 Å². The number of nitrogens with one attached hydrogen (secondary N) is 1. The molecule has 2 saturated heterocycles. The van der Waals surface area contributed by atoms with Crippen LogP contribution in [0.3, 0.4) is 0 Å². The number of hydrogen-bond donors (Lipinski definition) is 1. The third-order valence-electron chi connectivity index (χ3n) is 4.56. The van der Waals surface area contributed by atoms with E-state index >= 15 is 0 Å². The average molecular weight is 374 g/mol. The van der Waals surface area contributed by atoms with Gasteiger partial charge in [0, 0.05) is 38.6 Å². The van der Waals surface area contributed by atoms with Crippen LogP contribution in [0.4, 0.5) is 0 Å². The van der Waals surface area contributed by atoms with Crippen molar-refractivity contribution in [3.63, 3.8) is 0 Å². The number of benzene rings is 1. The Bertz CT molecular complexity index is 640. The highest BCUT2D eigenvalue weighted by Gasteiger charge is 2.30. The lowest BCUT2D eigenvalue weighted by Gasteiger charge is -2.34. The fourth-order valence-corrected chi connectivity index (χ4v) is 4.63. The Labute approximate surface area is 149 Å². The van der Waals surface area contributed by atoms with Gasteiger partial charge in [-0.25, -0.2) is 8.42 Å². The number of piperazine rings is 1. The van der Waals surface area contributed by atoms with Crippen LogP contribution in [0.25, 0.3) is 0 Å². The SMILES string of the molecule is Cl.O=C(CC1CCCN1)N1CCN(S(=O)(=O)c2ccccc2)CC1. The minimum atomic E-state index is -3.45. The summed E-state index contributed by atoms with van der Waals surface area (Å²) in [5, 5.41) is 3.33. The molecule has 1 atom stereocenters. The number of carbonyl (C=O) groups excluding carboxylic acids is 1. The number of carbonyl (C=O) groups is 1. The first-order valence-electron chi connectivity index (χ1n) is 8.14. The van der Waals surface area contributed by atoms with E-state index in [0.29, 0.717) is 37.5 Å². The summed E-state index contributed by atoms with van der Waals surface area (Å²) >= 11 is 0. The number of sulfonamides is 1. The van der Waals surface area contributed by atoms with Gasteiger partial charge < -0.3 is 10.2 Å². The largest absolute Gasteiger partial charge is 0.340 e. The third kappa shape index (κ3) is 4.27. The lowest BCUT2D eigenvalue weighted by atomic mass is 10.1. The van der Waals surface area contributed by atoms with Gasteiger partial charge in [-0.1, -0.05) is 18.2 Å². The molecular weight excluding hydrogens is 350 g/mol. The zero-order valence-electron chi connectivity index (χ0n) is 13.6. The summed E-state index contributed by atoms with van der Waals surface area (Å²) in [6, 6.07) is 8.75. The molecular formula is C16H24ClN3O3S. The van der Waals surface area contributed by atoms with E-state index in [1.54, 1.807) is 35.2 Å². The predicted octanol–water partition coefficient (Wildman–Crippen LogP) is 1.08. The highest BCUT2D eigenvalue weighted by atomic mass is 35.5. The molecule has 0 aromatic heterocycles. The standard InChI is InChI=1S/C16H23N3O3S.ClH/c20-16(13-14-5-4-8-17-14)18-9-11-19(12-10-18)23(21,22)15-6-2-1-3-7-15;/h1-3,6-7,14,17H,4-5,8-13H2;1H. The van der Waals surface area contributed by atoms with Crippen LogP contribution in [0.15, 0.2) is 35.2 Å². The lowest BCUT2D eigenvalue weighted by Crippen LogP contribution is -2.51. The fourth-order valence-electron chi connectivity index (χ4n) is 3.19. The molecule has 2 aliphatic heterocycles. The molecule has 1 aromatic carbocycles. The fraction of sp³-hybridized carbons (Fsp3) is 0.562. The van der Waals surface area contributed by atoms with Gasteiger partial charge in [0.15, 0.2) is 0 Å². The Morgan fingerprint density at radius 2 is 1.79 bits per heavy atom. The van der Waals surface area contributed by atoms with Gasteiger partial charge in [-0.05, 0) is 31.5 Å².